The molecule has 0 aliphatic carbocycles. The molecule has 14 heavy (non-hydrogen) atoms. The molecule has 0 spiro atoms. The predicted molar refractivity (Wildman–Crippen MR) is 56.7 cm³/mol. The number of hydrogen-bond acceptors (Lipinski definition) is 3. The van der Waals surface area contributed by atoms with Crippen molar-refractivity contribution in [2.24, 2.45) is 17.1 Å². The smallest absolute Gasteiger partial charge is 0.220 e. The molecule has 1 atom stereocenters. The SMILES string of the molecule is CC(CN)CC(=O)NCC(C)(C)CO. The molecule has 84 valence electrons. The predicted octanol–water partition coefficient (Wildman–Crippen LogP) is 0.106. The third-order valence-electron chi connectivity index (χ3n) is 2.13. The molecule has 0 aromatic carbocycles. The Labute approximate surface area is 85.9 Å². The monoisotopic (exact) mass is 202 g/mol. The molecule has 0 rings (SSSR count). The van der Waals surface area contributed by atoms with Gasteiger partial charge in [-0.2, -0.15) is 0 Å². The molecule has 1 unspecified atom stereocenters. The van der Waals surface area contributed by atoms with Gasteiger partial charge in [0.25, 0.3) is 0 Å². The topological polar surface area (TPSA) is 75.4 Å². The Morgan fingerprint density at radius 2 is 2.14 bits per heavy atom. The van der Waals surface area contributed by atoms with Crippen LogP contribution in [0.2, 0.25) is 0 Å². The van der Waals surface area contributed by atoms with Crippen LogP contribution in [0.4, 0.5) is 0 Å². The van der Waals surface area contributed by atoms with Crippen LogP contribution in [0.3, 0.4) is 0 Å². The molecule has 4 nitrogen and oxygen atoms in total. The summed E-state index contributed by atoms with van der Waals surface area (Å²) in [5.74, 6) is 0.219. The number of aliphatic hydroxyl groups excluding tert-OH is 1. The summed E-state index contributed by atoms with van der Waals surface area (Å²) in [6, 6.07) is 0. The average Bonchev–Trinajstić information content (AvgIpc) is 2.15. The van der Waals surface area contributed by atoms with Crippen molar-refractivity contribution in [3.8, 4) is 0 Å². The van der Waals surface area contributed by atoms with E-state index in [-0.39, 0.29) is 23.8 Å². The van der Waals surface area contributed by atoms with Crippen molar-refractivity contribution < 1.29 is 9.90 Å². The van der Waals surface area contributed by atoms with Gasteiger partial charge in [-0.05, 0) is 12.5 Å². The van der Waals surface area contributed by atoms with Crippen LogP contribution in [0.15, 0.2) is 0 Å². The van der Waals surface area contributed by atoms with Crippen molar-refractivity contribution in [1.82, 2.24) is 5.32 Å². The third kappa shape index (κ3) is 5.94. The maximum Gasteiger partial charge on any atom is 0.220 e. The van der Waals surface area contributed by atoms with Crippen LogP contribution in [-0.4, -0.2) is 30.7 Å². The van der Waals surface area contributed by atoms with Crippen molar-refractivity contribution in [1.29, 1.82) is 0 Å². The minimum absolute atomic E-state index is 0.00414. The molecule has 0 aromatic rings. The van der Waals surface area contributed by atoms with Crippen LogP contribution in [-0.2, 0) is 4.79 Å². The highest BCUT2D eigenvalue weighted by atomic mass is 16.3. The Morgan fingerprint density at radius 3 is 2.57 bits per heavy atom. The van der Waals surface area contributed by atoms with Crippen LogP contribution in [0.5, 0.6) is 0 Å². The van der Waals surface area contributed by atoms with Crippen molar-refractivity contribution in [3.05, 3.63) is 0 Å². The summed E-state index contributed by atoms with van der Waals surface area (Å²) >= 11 is 0. The highest BCUT2D eigenvalue weighted by Crippen LogP contribution is 2.11. The summed E-state index contributed by atoms with van der Waals surface area (Å²) in [7, 11) is 0. The Kier molecular flexibility index (Phi) is 5.72. The average molecular weight is 202 g/mol. The van der Waals surface area contributed by atoms with Gasteiger partial charge in [-0.3, -0.25) is 4.79 Å². The molecular formula is C10H22N2O2. The molecular weight excluding hydrogens is 180 g/mol. The highest BCUT2D eigenvalue weighted by molar-refractivity contribution is 5.76. The Morgan fingerprint density at radius 1 is 1.57 bits per heavy atom. The standard InChI is InChI=1S/C10H22N2O2/c1-8(5-11)4-9(14)12-6-10(2,3)7-13/h8,13H,4-7,11H2,1-3H3,(H,12,14). The second-order valence-electron chi connectivity index (χ2n) is 4.64. The van der Waals surface area contributed by atoms with Crippen LogP contribution < -0.4 is 11.1 Å². The summed E-state index contributed by atoms with van der Waals surface area (Å²) in [6.07, 6.45) is 0.456. The molecule has 0 radical (unpaired) electrons. The number of carbonyl (C=O) groups is 1. The van der Waals surface area contributed by atoms with Crippen molar-refractivity contribution >= 4 is 5.91 Å². The van der Waals surface area contributed by atoms with Gasteiger partial charge in [-0.25, -0.2) is 0 Å². The fraction of sp³-hybridized carbons (Fsp3) is 0.900. The number of rotatable bonds is 6. The molecule has 0 aliphatic rings. The third-order valence-corrected chi connectivity index (χ3v) is 2.13. The molecule has 0 bridgehead atoms. The van der Waals surface area contributed by atoms with Gasteiger partial charge in [-0.15, -0.1) is 0 Å². The molecule has 0 aliphatic heterocycles. The molecule has 4 N–H and O–H groups in total. The van der Waals surface area contributed by atoms with Crippen molar-refractivity contribution in [2.45, 2.75) is 27.2 Å². The van der Waals surface area contributed by atoms with Gasteiger partial charge in [0, 0.05) is 25.0 Å². The summed E-state index contributed by atoms with van der Waals surface area (Å²) < 4.78 is 0. The van der Waals surface area contributed by atoms with E-state index in [0.717, 1.165) is 0 Å². The minimum atomic E-state index is -0.248. The first-order valence-corrected chi connectivity index (χ1v) is 4.99. The quantitative estimate of drug-likeness (QED) is 0.572. The summed E-state index contributed by atoms with van der Waals surface area (Å²) in [6.45, 7) is 6.84. The highest BCUT2D eigenvalue weighted by Gasteiger charge is 2.17. The Hall–Kier alpha value is -0.610. The molecule has 0 aromatic heterocycles. The van der Waals surface area contributed by atoms with E-state index in [0.29, 0.717) is 19.5 Å². The number of carbonyl (C=O) groups excluding carboxylic acids is 1. The van der Waals surface area contributed by atoms with Gasteiger partial charge < -0.3 is 16.2 Å². The largest absolute Gasteiger partial charge is 0.396 e. The molecule has 0 saturated heterocycles. The number of hydrogen-bond donors (Lipinski definition) is 3. The lowest BCUT2D eigenvalue weighted by Gasteiger charge is -2.22. The van der Waals surface area contributed by atoms with Gasteiger partial charge in [0.2, 0.25) is 5.91 Å². The van der Waals surface area contributed by atoms with E-state index in [4.69, 9.17) is 10.8 Å². The van der Waals surface area contributed by atoms with Crippen LogP contribution in [0, 0.1) is 11.3 Å². The van der Waals surface area contributed by atoms with Gasteiger partial charge in [0.15, 0.2) is 0 Å². The van der Waals surface area contributed by atoms with Crippen LogP contribution in [0.25, 0.3) is 0 Å². The molecule has 0 heterocycles. The normalized spacial score (nSPS) is 13.8. The zero-order valence-electron chi connectivity index (χ0n) is 9.34. The van der Waals surface area contributed by atoms with Gasteiger partial charge in [-0.1, -0.05) is 20.8 Å². The van der Waals surface area contributed by atoms with Gasteiger partial charge >= 0.3 is 0 Å². The molecule has 0 saturated carbocycles. The fourth-order valence-electron chi connectivity index (χ4n) is 0.866. The first-order valence-electron chi connectivity index (χ1n) is 4.99. The molecule has 1 amide bonds. The Balaban J connectivity index is 3.74. The van der Waals surface area contributed by atoms with E-state index in [9.17, 15) is 4.79 Å². The number of aliphatic hydroxyl groups is 1. The fourth-order valence-corrected chi connectivity index (χ4v) is 0.866. The van der Waals surface area contributed by atoms with E-state index in [1.165, 1.54) is 0 Å². The zero-order valence-corrected chi connectivity index (χ0v) is 9.34. The van der Waals surface area contributed by atoms with Crippen molar-refractivity contribution in [2.75, 3.05) is 19.7 Å². The number of nitrogens with one attached hydrogen (secondary N) is 1. The lowest BCUT2D eigenvalue weighted by molar-refractivity contribution is -0.122. The van der Waals surface area contributed by atoms with Crippen LogP contribution >= 0.6 is 0 Å². The number of nitrogens with two attached hydrogens (primary N) is 1. The van der Waals surface area contributed by atoms with E-state index < -0.39 is 0 Å². The number of amides is 1. The zero-order chi connectivity index (χ0) is 11.2. The maximum absolute atomic E-state index is 11.3. The first-order chi connectivity index (χ1) is 6.41. The maximum atomic E-state index is 11.3. The van der Waals surface area contributed by atoms with E-state index in [2.05, 4.69) is 5.32 Å². The van der Waals surface area contributed by atoms with Gasteiger partial charge in [0.05, 0.1) is 0 Å². The summed E-state index contributed by atoms with van der Waals surface area (Å²) in [5, 5.41) is 11.7. The second-order valence-corrected chi connectivity index (χ2v) is 4.64. The van der Waals surface area contributed by atoms with E-state index >= 15 is 0 Å². The van der Waals surface area contributed by atoms with Gasteiger partial charge in [0.1, 0.15) is 0 Å². The van der Waals surface area contributed by atoms with Crippen LogP contribution in [0.1, 0.15) is 27.2 Å². The first kappa shape index (κ1) is 13.4. The lowest BCUT2D eigenvalue weighted by Crippen LogP contribution is -2.37. The summed E-state index contributed by atoms with van der Waals surface area (Å²) in [4.78, 5) is 11.3. The molecule has 0 fully saturated rings. The molecule has 4 heteroatoms. The Bertz CT molecular complexity index is 181. The summed E-state index contributed by atoms with van der Waals surface area (Å²) in [5.41, 5.74) is 5.16. The van der Waals surface area contributed by atoms with Crippen molar-refractivity contribution in [3.63, 3.8) is 0 Å². The minimum Gasteiger partial charge on any atom is -0.396 e. The van der Waals surface area contributed by atoms with E-state index in [1.54, 1.807) is 0 Å². The second kappa shape index (κ2) is 5.98. The van der Waals surface area contributed by atoms with E-state index in [1.807, 2.05) is 20.8 Å². The lowest BCUT2D eigenvalue weighted by atomic mass is 9.95.